The predicted molar refractivity (Wildman–Crippen MR) is 50.4 cm³/mol. The predicted octanol–water partition coefficient (Wildman–Crippen LogP) is 0.795. The minimum atomic E-state index is -0.377. The maximum absolute atomic E-state index is 10.8. The summed E-state index contributed by atoms with van der Waals surface area (Å²) in [5.41, 5.74) is 5.19. The highest BCUT2D eigenvalue weighted by molar-refractivity contribution is 5.74. The van der Waals surface area contributed by atoms with Crippen LogP contribution in [0.2, 0.25) is 0 Å². The van der Waals surface area contributed by atoms with Gasteiger partial charge >= 0.3 is 0 Å². The number of hydrogen-bond donors (Lipinski definition) is 1. The molecule has 14 heavy (non-hydrogen) atoms. The molecule has 1 unspecified atom stereocenters. The lowest BCUT2D eigenvalue weighted by Crippen LogP contribution is -2.37. The van der Waals surface area contributed by atoms with Crippen molar-refractivity contribution in [2.75, 3.05) is 13.2 Å². The van der Waals surface area contributed by atoms with Crippen LogP contribution < -0.4 is 5.73 Å². The van der Waals surface area contributed by atoms with E-state index < -0.39 is 0 Å². The van der Waals surface area contributed by atoms with Crippen molar-refractivity contribution in [1.82, 2.24) is 0 Å². The highest BCUT2D eigenvalue weighted by Gasteiger charge is 2.41. The molecular formula is C10H17NO3. The van der Waals surface area contributed by atoms with E-state index in [2.05, 4.69) is 0 Å². The zero-order valence-electron chi connectivity index (χ0n) is 8.33. The van der Waals surface area contributed by atoms with Crippen LogP contribution in [-0.2, 0) is 14.3 Å². The van der Waals surface area contributed by atoms with Gasteiger partial charge in [-0.05, 0) is 18.8 Å². The molecule has 4 heteroatoms. The minimum Gasteiger partial charge on any atom is -0.370 e. The van der Waals surface area contributed by atoms with Crippen molar-refractivity contribution < 1.29 is 14.3 Å². The van der Waals surface area contributed by atoms with E-state index in [-0.39, 0.29) is 11.7 Å². The van der Waals surface area contributed by atoms with Crippen molar-refractivity contribution in [1.29, 1.82) is 0 Å². The van der Waals surface area contributed by atoms with Crippen molar-refractivity contribution in [2.45, 2.75) is 37.9 Å². The lowest BCUT2D eigenvalue weighted by molar-refractivity contribution is -0.187. The smallest absolute Gasteiger partial charge is 0.217 e. The van der Waals surface area contributed by atoms with Gasteiger partial charge in [0.15, 0.2) is 5.79 Å². The molecule has 0 aromatic carbocycles. The largest absolute Gasteiger partial charge is 0.370 e. The number of nitrogens with two attached hydrogens (primary N) is 1. The third kappa shape index (κ3) is 2.07. The SMILES string of the molecule is NC(=O)CC1CCCC2(C1)OCCO2. The number of carbonyl (C=O) groups excluding carboxylic acids is 1. The van der Waals surface area contributed by atoms with Crippen LogP contribution in [0, 0.1) is 5.92 Å². The van der Waals surface area contributed by atoms with E-state index in [9.17, 15) is 4.79 Å². The summed E-state index contributed by atoms with van der Waals surface area (Å²) in [6, 6.07) is 0. The van der Waals surface area contributed by atoms with Gasteiger partial charge in [-0.3, -0.25) is 4.79 Å². The van der Waals surface area contributed by atoms with Gasteiger partial charge in [-0.2, -0.15) is 0 Å². The lowest BCUT2D eigenvalue weighted by Gasteiger charge is -2.35. The molecule has 0 bridgehead atoms. The van der Waals surface area contributed by atoms with Crippen molar-refractivity contribution >= 4 is 5.91 Å². The quantitative estimate of drug-likeness (QED) is 0.715. The van der Waals surface area contributed by atoms with Crippen LogP contribution >= 0.6 is 0 Å². The van der Waals surface area contributed by atoms with Crippen LogP contribution in [0.25, 0.3) is 0 Å². The molecule has 2 aliphatic rings. The third-order valence-electron chi connectivity index (χ3n) is 3.07. The summed E-state index contributed by atoms with van der Waals surface area (Å²) < 4.78 is 11.2. The Bertz CT molecular complexity index is 223. The molecule has 1 amide bonds. The van der Waals surface area contributed by atoms with E-state index in [0.717, 1.165) is 25.7 Å². The number of hydrogen-bond acceptors (Lipinski definition) is 3. The Morgan fingerprint density at radius 1 is 1.43 bits per heavy atom. The molecule has 1 spiro atoms. The van der Waals surface area contributed by atoms with Crippen LogP contribution in [0.3, 0.4) is 0 Å². The summed E-state index contributed by atoms with van der Waals surface area (Å²) in [6.45, 7) is 1.37. The van der Waals surface area contributed by atoms with E-state index in [1.807, 2.05) is 0 Å². The van der Waals surface area contributed by atoms with Crippen LogP contribution in [0.1, 0.15) is 32.1 Å². The molecule has 2 fully saturated rings. The third-order valence-corrected chi connectivity index (χ3v) is 3.07. The molecular weight excluding hydrogens is 182 g/mol. The molecule has 2 rings (SSSR count). The first kappa shape index (κ1) is 9.93. The van der Waals surface area contributed by atoms with Gasteiger partial charge in [-0.1, -0.05) is 0 Å². The number of amides is 1. The molecule has 1 saturated heterocycles. The molecule has 1 aliphatic carbocycles. The maximum Gasteiger partial charge on any atom is 0.217 e. The van der Waals surface area contributed by atoms with Crippen molar-refractivity contribution in [3.8, 4) is 0 Å². The number of carbonyl (C=O) groups is 1. The van der Waals surface area contributed by atoms with E-state index >= 15 is 0 Å². The first-order valence-corrected chi connectivity index (χ1v) is 5.26. The zero-order chi connectivity index (χ0) is 10.0. The van der Waals surface area contributed by atoms with E-state index in [1.165, 1.54) is 0 Å². The van der Waals surface area contributed by atoms with Crippen molar-refractivity contribution in [2.24, 2.45) is 11.7 Å². The summed E-state index contributed by atoms with van der Waals surface area (Å²) in [6.07, 6.45) is 4.39. The standard InChI is InChI=1S/C10H17NO3/c11-9(12)6-8-2-1-3-10(7-8)13-4-5-14-10/h8H,1-7H2,(H2,11,12). The normalized spacial score (nSPS) is 30.7. The average molecular weight is 199 g/mol. The summed E-state index contributed by atoms with van der Waals surface area (Å²) in [4.78, 5) is 10.8. The second-order valence-corrected chi connectivity index (χ2v) is 4.24. The van der Waals surface area contributed by atoms with Crippen LogP contribution in [-0.4, -0.2) is 24.9 Å². The fourth-order valence-corrected chi connectivity index (χ4v) is 2.52. The fraction of sp³-hybridized carbons (Fsp3) is 0.900. The topological polar surface area (TPSA) is 61.6 Å². The Labute approximate surface area is 83.7 Å². The zero-order valence-corrected chi connectivity index (χ0v) is 8.33. The van der Waals surface area contributed by atoms with Gasteiger partial charge in [0.2, 0.25) is 5.91 Å². The van der Waals surface area contributed by atoms with Gasteiger partial charge in [-0.15, -0.1) is 0 Å². The van der Waals surface area contributed by atoms with Gasteiger partial charge in [0.1, 0.15) is 0 Å². The van der Waals surface area contributed by atoms with Gasteiger partial charge in [0.05, 0.1) is 13.2 Å². The Hall–Kier alpha value is -0.610. The molecule has 1 heterocycles. The molecule has 0 aromatic heterocycles. The fourth-order valence-electron chi connectivity index (χ4n) is 2.52. The molecule has 1 saturated carbocycles. The molecule has 1 atom stereocenters. The van der Waals surface area contributed by atoms with Gasteiger partial charge in [0, 0.05) is 19.3 Å². The molecule has 0 radical (unpaired) electrons. The minimum absolute atomic E-state index is 0.218. The molecule has 2 N–H and O–H groups in total. The molecule has 1 aliphatic heterocycles. The highest BCUT2D eigenvalue weighted by Crippen LogP contribution is 2.39. The Morgan fingerprint density at radius 3 is 2.79 bits per heavy atom. The number of rotatable bonds is 2. The van der Waals surface area contributed by atoms with E-state index in [0.29, 0.717) is 25.6 Å². The second-order valence-electron chi connectivity index (χ2n) is 4.24. The highest BCUT2D eigenvalue weighted by atomic mass is 16.7. The first-order valence-electron chi connectivity index (χ1n) is 5.26. The summed E-state index contributed by atoms with van der Waals surface area (Å²) >= 11 is 0. The van der Waals surface area contributed by atoms with Crippen LogP contribution in [0.4, 0.5) is 0 Å². The monoisotopic (exact) mass is 199 g/mol. The van der Waals surface area contributed by atoms with Gasteiger partial charge in [0.25, 0.3) is 0 Å². The lowest BCUT2D eigenvalue weighted by atomic mass is 9.83. The van der Waals surface area contributed by atoms with Gasteiger partial charge in [-0.25, -0.2) is 0 Å². The van der Waals surface area contributed by atoms with Gasteiger partial charge < -0.3 is 15.2 Å². The molecule has 0 aromatic rings. The number of ether oxygens (including phenoxy) is 2. The maximum atomic E-state index is 10.8. The van der Waals surface area contributed by atoms with E-state index in [4.69, 9.17) is 15.2 Å². The second kappa shape index (κ2) is 3.87. The van der Waals surface area contributed by atoms with Crippen molar-refractivity contribution in [3.05, 3.63) is 0 Å². The Balaban J connectivity index is 1.93. The summed E-state index contributed by atoms with van der Waals surface area (Å²) in [5, 5.41) is 0. The Kier molecular flexibility index (Phi) is 2.74. The molecule has 80 valence electrons. The van der Waals surface area contributed by atoms with Crippen LogP contribution in [0.15, 0.2) is 0 Å². The van der Waals surface area contributed by atoms with Crippen molar-refractivity contribution in [3.63, 3.8) is 0 Å². The molecule has 4 nitrogen and oxygen atoms in total. The van der Waals surface area contributed by atoms with Crippen LogP contribution in [0.5, 0.6) is 0 Å². The first-order chi connectivity index (χ1) is 6.70. The summed E-state index contributed by atoms with van der Waals surface area (Å²) in [7, 11) is 0. The van der Waals surface area contributed by atoms with E-state index in [1.54, 1.807) is 0 Å². The summed E-state index contributed by atoms with van der Waals surface area (Å²) in [5.74, 6) is -0.248. The Morgan fingerprint density at radius 2 is 2.14 bits per heavy atom. The average Bonchev–Trinajstić information content (AvgIpc) is 2.52. The number of primary amides is 1.